The molecule has 0 atom stereocenters. The maximum absolute atomic E-state index is 11.5. The normalized spacial score (nSPS) is 10.8. The van der Waals surface area contributed by atoms with Gasteiger partial charge in [0.1, 0.15) is 0 Å². The number of aromatic nitrogens is 1. The number of nitrogens with zero attached hydrogens (tertiary/aromatic N) is 1. The smallest absolute Gasteiger partial charge is 0.339 e. The Morgan fingerprint density at radius 2 is 2.13 bits per heavy atom. The second-order valence-corrected chi connectivity index (χ2v) is 3.96. The molecule has 1 rings (SSSR count). The summed E-state index contributed by atoms with van der Waals surface area (Å²) in [5.41, 5.74) is 2.87. The molecule has 0 unspecified atom stereocenters. The predicted octanol–water partition coefficient (Wildman–Crippen LogP) is 2.73. The summed E-state index contributed by atoms with van der Waals surface area (Å²) in [5, 5.41) is 0. The van der Waals surface area contributed by atoms with Crippen molar-refractivity contribution in [1.82, 2.24) is 4.57 Å². The predicted molar refractivity (Wildman–Crippen MR) is 60.3 cm³/mol. The van der Waals surface area contributed by atoms with E-state index in [0.717, 1.165) is 12.2 Å². The molecule has 0 saturated heterocycles. The van der Waals surface area contributed by atoms with E-state index in [9.17, 15) is 4.79 Å². The van der Waals surface area contributed by atoms with Crippen LogP contribution in [0.3, 0.4) is 0 Å². The highest BCUT2D eigenvalue weighted by Gasteiger charge is 2.18. The lowest BCUT2D eigenvalue weighted by molar-refractivity contribution is 0.0600. The van der Waals surface area contributed by atoms with Crippen molar-refractivity contribution in [2.75, 3.05) is 7.11 Å². The molecule has 1 aromatic heterocycles. The van der Waals surface area contributed by atoms with Crippen LogP contribution in [0.2, 0.25) is 0 Å². The molecule has 0 bridgehead atoms. The molecule has 0 aliphatic heterocycles. The van der Waals surface area contributed by atoms with Gasteiger partial charge in [0.25, 0.3) is 0 Å². The lowest BCUT2D eigenvalue weighted by Crippen LogP contribution is -2.06. The Bertz CT molecular complexity index is 364. The van der Waals surface area contributed by atoms with Crippen LogP contribution in [0.25, 0.3) is 0 Å². The molecule has 0 aliphatic carbocycles. The van der Waals surface area contributed by atoms with Gasteiger partial charge in [0, 0.05) is 17.9 Å². The van der Waals surface area contributed by atoms with E-state index in [1.54, 1.807) is 0 Å². The average Bonchev–Trinajstić information content (AvgIpc) is 2.54. The monoisotopic (exact) mass is 209 g/mol. The van der Waals surface area contributed by atoms with Crippen molar-refractivity contribution in [3.05, 3.63) is 23.0 Å². The van der Waals surface area contributed by atoms with Crippen LogP contribution in [0, 0.1) is 6.92 Å². The van der Waals surface area contributed by atoms with Gasteiger partial charge >= 0.3 is 5.97 Å². The molecular formula is C12H19NO2. The Hall–Kier alpha value is -1.25. The van der Waals surface area contributed by atoms with E-state index in [0.29, 0.717) is 11.5 Å². The topological polar surface area (TPSA) is 31.2 Å². The molecule has 0 saturated carbocycles. The number of carbonyl (C=O) groups excluding carboxylic acids is 1. The van der Waals surface area contributed by atoms with Gasteiger partial charge < -0.3 is 9.30 Å². The molecule has 1 heterocycles. The van der Waals surface area contributed by atoms with Gasteiger partial charge in [-0.2, -0.15) is 0 Å². The van der Waals surface area contributed by atoms with Gasteiger partial charge in [0.15, 0.2) is 0 Å². The van der Waals surface area contributed by atoms with Gasteiger partial charge in [0.2, 0.25) is 0 Å². The van der Waals surface area contributed by atoms with E-state index >= 15 is 0 Å². The molecule has 0 N–H and O–H groups in total. The Morgan fingerprint density at radius 1 is 1.53 bits per heavy atom. The summed E-state index contributed by atoms with van der Waals surface area (Å²) >= 11 is 0. The maximum Gasteiger partial charge on any atom is 0.339 e. The molecule has 0 aromatic carbocycles. The zero-order chi connectivity index (χ0) is 11.6. The van der Waals surface area contributed by atoms with Gasteiger partial charge in [-0.15, -0.1) is 0 Å². The van der Waals surface area contributed by atoms with Crippen LogP contribution in [0.15, 0.2) is 6.07 Å². The zero-order valence-corrected chi connectivity index (χ0v) is 10.1. The molecule has 3 heteroatoms. The second kappa shape index (κ2) is 4.51. The number of methoxy groups -OCH3 is 1. The molecule has 15 heavy (non-hydrogen) atoms. The number of ether oxygens (including phenoxy) is 1. The lowest BCUT2D eigenvalue weighted by atomic mass is 10.1. The first kappa shape index (κ1) is 11.8. The fraction of sp³-hybridized carbons (Fsp3) is 0.583. The number of rotatable bonds is 3. The van der Waals surface area contributed by atoms with Gasteiger partial charge in [-0.25, -0.2) is 4.79 Å². The van der Waals surface area contributed by atoms with Gasteiger partial charge in [-0.1, -0.05) is 13.8 Å². The number of carbonyl (C=O) groups is 1. The van der Waals surface area contributed by atoms with Crippen molar-refractivity contribution < 1.29 is 9.53 Å². The summed E-state index contributed by atoms with van der Waals surface area (Å²) in [6.07, 6.45) is 0. The summed E-state index contributed by atoms with van der Waals surface area (Å²) in [7, 11) is 1.42. The van der Waals surface area contributed by atoms with E-state index < -0.39 is 0 Å². The van der Waals surface area contributed by atoms with E-state index in [-0.39, 0.29) is 5.97 Å². The first-order chi connectivity index (χ1) is 7.02. The van der Waals surface area contributed by atoms with Crippen LogP contribution in [0.5, 0.6) is 0 Å². The largest absolute Gasteiger partial charge is 0.465 e. The minimum Gasteiger partial charge on any atom is -0.465 e. The molecule has 0 amide bonds. The first-order valence-corrected chi connectivity index (χ1v) is 5.31. The van der Waals surface area contributed by atoms with E-state index in [4.69, 9.17) is 4.74 Å². The number of hydrogen-bond donors (Lipinski definition) is 0. The summed E-state index contributed by atoms with van der Waals surface area (Å²) < 4.78 is 6.92. The molecule has 3 nitrogen and oxygen atoms in total. The highest BCUT2D eigenvalue weighted by Crippen LogP contribution is 2.22. The Labute approximate surface area is 91.0 Å². The van der Waals surface area contributed by atoms with Crippen molar-refractivity contribution >= 4 is 5.97 Å². The SMILES string of the molecule is CCn1c(C(C)C)cc(C(=O)OC)c1C. The average molecular weight is 209 g/mol. The van der Waals surface area contributed by atoms with Crippen LogP contribution in [-0.4, -0.2) is 17.6 Å². The third kappa shape index (κ3) is 2.06. The van der Waals surface area contributed by atoms with Crippen LogP contribution in [0.4, 0.5) is 0 Å². The standard InChI is InChI=1S/C12H19NO2/c1-6-13-9(4)10(12(14)15-5)7-11(13)8(2)3/h7-8H,6H2,1-5H3. The van der Waals surface area contributed by atoms with Crippen molar-refractivity contribution in [2.45, 2.75) is 40.2 Å². The second-order valence-electron chi connectivity index (χ2n) is 3.96. The molecule has 0 radical (unpaired) electrons. The summed E-state index contributed by atoms with van der Waals surface area (Å²) in [4.78, 5) is 11.5. The third-order valence-corrected chi connectivity index (χ3v) is 2.71. The van der Waals surface area contributed by atoms with Crippen molar-refractivity contribution in [3.8, 4) is 0 Å². The zero-order valence-electron chi connectivity index (χ0n) is 10.1. The number of esters is 1. The Balaban J connectivity index is 3.27. The van der Waals surface area contributed by atoms with Gasteiger partial charge in [-0.3, -0.25) is 0 Å². The molecule has 0 aliphatic rings. The van der Waals surface area contributed by atoms with Gasteiger partial charge in [-0.05, 0) is 25.8 Å². The van der Waals surface area contributed by atoms with Crippen LogP contribution in [-0.2, 0) is 11.3 Å². The summed E-state index contributed by atoms with van der Waals surface area (Å²) in [6.45, 7) is 9.18. The van der Waals surface area contributed by atoms with Crippen molar-refractivity contribution in [2.24, 2.45) is 0 Å². The van der Waals surface area contributed by atoms with Crippen molar-refractivity contribution in [1.29, 1.82) is 0 Å². The Kier molecular flexibility index (Phi) is 3.56. The van der Waals surface area contributed by atoms with Crippen LogP contribution < -0.4 is 0 Å². The molecular weight excluding hydrogens is 190 g/mol. The van der Waals surface area contributed by atoms with Crippen LogP contribution in [0.1, 0.15) is 48.4 Å². The molecule has 0 spiro atoms. The van der Waals surface area contributed by atoms with E-state index in [2.05, 4.69) is 25.3 Å². The minimum absolute atomic E-state index is 0.249. The van der Waals surface area contributed by atoms with E-state index in [1.165, 1.54) is 12.8 Å². The fourth-order valence-electron chi connectivity index (χ4n) is 1.88. The maximum atomic E-state index is 11.5. The molecule has 0 fully saturated rings. The van der Waals surface area contributed by atoms with Crippen LogP contribution >= 0.6 is 0 Å². The van der Waals surface area contributed by atoms with E-state index in [1.807, 2.05) is 13.0 Å². The summed E-state index contributed by atoms with van der Waals surface area (Å²) in [6, 6.07) is 1.94. The number of hydrogen-bond acceptors (Lipinski definition) is 2. The highest BCUT2D eigenvalue weighted by atomic mass is 16.5. The fourth-order valence-corrected chi connectivity index (χ4v) is 1.88. The molecule has 1 aromatic rings. The first-order valence-electron chi connectivity index (χ1n) is 5.31. The lowest BCUT2D eigenvalue weighted by Gasteiger charge is -2.11. The quantitative estimate of drug-likeness (QED) is 0.717. The van der Waals surface area contributed by atoms with Gasteiger partial charge in [0.05, 0.1) is 12.7 Å². The minimum atomic E-state index is -0.249. The molecule has 84 valence electrons. The van der Waals surface area contributed by atoms with Crippen molar-refractivity contribution in [3.63, 3.8) is 0 Å². The summed E-state index contributed by atoms with van der Waals surface area (Å²) in [5.74, 6) is 0.170. The Morgan fingerprint density at radius 3 is 2.47 bits per heavy atom. The highest BCUT2D eigenvalue weighted by molar-refractivity contribution is 5.91. The third-order valence-electron chi connectivity index (χ3n) is 2.71.